The van der Waals surface area contributed by atoms with Crippen LogP contribution in [-0.2, 0) is 23.9 Å². The Morgan fingerprint density at radius 1 is 1.28 bits per heavy atom. The first-order valence-corrected chi connectivity index (χ1v) is 9.18. The molecule has 0 saturated carbocycles. The molecule has 4 rings (SSSR count). The average molecular weight is 356 g/mol. The SMILES string of the molecule is Cn1ccc(-c2nc(CNC3(c4ncccn4)CCOCC3)cs2)n1. The van der Waals surface area contributed by atoms with Gasteiger partial charge in [-0.2, -0.15) is 5.10 Å². The molecule has 1 N–H and O–H groups in total. The minimum Gasteiger partial charge on any atom is -0.381 e. The van der Waals surface area contributed by atoms with Gasteiger partial charge in [-0.05, 0) is 25.0 Å². The Morgan fingerprint density at radius 3 is 2.80 bits per heavy atom. The first-order valence-electron chi connectivity index (χ1n) is 8.30. The standard InChI is InChI=1S/C17H20N6OS/c1-23-8-3-14(22-23)15-21-13(12-25-15)11-20-17(4-9-24-10-5-17)16-18-6-2-7-19-16/h2-3,6-8,12,20H,4-5,9-11H2,1H3. The summed E-state index contributed by atoms with van der Waals surface area (Å²) in [6.45, 7) is 2.09. The zero-order valence-electron chi connectivity index (χ0n) is 14.1. The lowest BCUT2D eigenvalue weighted by atomic mass is 9.88. The van der Waals surface area contributed by atoms with Crippen LogP contribution in [0.15, 0.2) is 36.1 Å². The molecule has 0 radical (unpaired) electrons. The van der Waals surface area contributed by atoms with Crippen LogP contribution in [0, 0.1) is 0 Å². The van der Waals surface area contributed by atoms with E-state index in [-0.39, 0.29) is 5.54 Å². The third-order valence-corrected chi connectivity index (χ3v) is 5.35. The fourth-order valence-electron chi connectivity index (χ4n) is 3.04. The van der Waals surface area contributed by atoms with Gasteiger partial charge in [-0.1, -0.05) is 0 Å². The van der Waals surface area contributed by atoms with Crippen molar-refractivity contribution in [3.8, 4) is 10.7 Å². The van der Waals surface area contributed by atoms with Crippen molar-refractivity contribution in [2.45, 2.75) is 24.9 Å². The molecule has 0 unspecified atom stereocenters. The lowest BCUT2D eigenvalue weighted by Gasteiger charge is -2.36. The lowest BCUT2D eigenvalue weighted by molar-refractivity contribution is 0.0320. The molecule has 0 bridgehead atoms. The van der Waals surface area contributed by atoms with Gasteiger partial charge in [0.05, 0.1) is 11.2 Å². The topological polar surface area (TPSA) is 77.8 Å². The number of rotatable bonds is 5. The number of hydrogen-bond acceptors (Lipinski definition) is 7. The Hall–Kier alpha value is -2.16. The summed E-state index contributed by atoms with van der Waals surface area (Å²) in [5.74, 6) is 0.832. The van der Waals surface area contributed by atoms with E-state index in [1.807, 2.05) is 25.4 Å². The van der Waals surface area contributed by atoms with Gasteiger partial charge in [0.2, 0.25) is 0 Å². The van der Waals surface area contributed by atoms with E-state index in [9.17, 15) is 0 Å². The van der Waals surface area contributed by atoms with E-state index in [0.29, 0.717) is 19.8 Å². The first kappa shape index (κ1) is 16.3. The Balaban J connectivity index is 1.51. The minimum absolute atomic E-state index is 0.256. The zero-order chi connectivity index (χ0) is 17.1. The summed E-state index contributed by atoms with van der Waals surface area (Å²) in [6, 6.07) is 3.82. The molecular weight excluding hydrogens is 336 g/mol. The van der Waals surface area contributed by atoms with Crippen LogP contribution < -0.4 is 5.32 Å². The van der Waals surface area contributed by atoms with Crippen LogP contribution in [0.4, 0.5) is 0 Å². The summed E-state index contributed by atoms with van der Waals surface area (Å²) >= 11 is 1.61. The number of nitrogens with one attached hydrogen (secondary N) is 1. The molecular formula is C17H20N6OS. The summed E-state index contributed by atoms with van der Waals surface area (Å²) in [5.41, 5.74) is 1.66. The minimum atomic E-state index is -0.256. The molecule has 7 nitrogen and oxygen atoms in total. The number of thiazole rings is 1. The van der Waals surface area contributed by atoms with Crippen LogP contribution in [0.25, 0.3) is 10.7 Å². The molecule has 1 aliphatic rings. The average Bonchev–Trinajstić information content (AvgIpc) is 3.30. The lowest BCUT2D eigenvalue weighted by Crippen LogP contribution is -2.47. The van der Waals surface area contributed by atoms with Gasteiger partial charge in [0.1, 0.15) is 16.5 Å². The summed E-state index contributed by atoms with van der Waals surface area (Å²) in [6.07, 6.45) is 7.23. The normalized spacial score (nSPS) is 16.8. The highest BCUT2D eigenvalue weighted by molar-refractivity contribution is 7.13. The number of aromatic nitrogens is 5. The van der Waals surface area contributed by atoms with Gasteiger partial charge in [0.15, 0.2) is 0 Å². The van der Waals surface area contributed by atoms with E-state index in [1.165, 1.54) is 0 Å². The fourth-order valence-corrected chi connectivity index (χ4v) is 3.82. The molecule has 3 aromatic heterocycles. The number of ether oxygens (including phenoxy) is 1. The van der Waals surface area contributed by atoms with Gasteiger partial charge in [-0.25, -0.2) is 15.0 Å². The van der Waals surface area contributed by atoms with Crippen LogP contribution >= 0.6 is 11.3 Å². The Bertz CT molecular complexity index is 825. The highest BCUT2D eigenvalue weighted by Gasteiger charge is 2.36. The second-order valence-corrected chi connectivity index (χ2v) is 7.00. The molecule has 1 aliphatic heterocycles. The van der Waals surface area contributed by atoms with Gasteiger partial charge in [-0.3, -0.25) is 10.00 Å². The third-order valence-electron chi connectivity index (χ3n) is 4.43. The second-order valence-electron chi connectivity index (χ2n) is 6.14. The van der Waals surface area contributed by atoms with Crippen molar-refractivity contribution >= 4 is 11.3 Å². The predicted molar refractivity (Wildman–Crippen MR) is 94.9 cm³/mol. The van der Waals surface area contributed by atoms with Crippen LogP contribution in [0.1, 0.15) is 24.4 Å². The fraction of sp³-hybridized carbons (Fsp3) is 0.412. The van der Waals surface area contributed by atoms with Gasteiger partial charge in [0.25, 0.3) is 0 Å². The van der Waals surface area contributed by atoms with Crippen molar-refractivity contribution in [3.63, 3.8) is 0 Å². The zero-order valence-corrected chi connectivity index (χ0v) is 14.9. The number of aryl methyl sites for hydroxylation is 1. The van der Waals surface area contributed by atoms with Crippen molar-refractivity contribution in [2.24, 2.45) is 7.05 Å². The van der Waals surface area contributed by atoms with Crippen molar-refractivity contribution < 1.29 is 4.74 Å². The molecule has 0 atom stereocenters. The molecule has 1 saturated heterocycles. The van der Waals surface area contributed by atoms with E-state index in [4.69, 9.17) is 9.72 Å². The van der Waals surface area contributed by atoms with E-state index < -0.39 is 0 Å². The van der Waals surface area contributed by atoms with E-state index in [1.54, 1.807) is 28.4 Å². The van der Waals surface area contributed by atoms with Crippen LogP contribution in [0.3, 0.4) is 0 Å². The molecule has 0 aliphatic carbocycles. The van der Waals surface area contributed by atoms with Crippen LogP contribution in [0.2, 0.25) is 0 Å². The molecule has 1 fully saturated rings. The molecule has 0 spiro atoms. The molecule has 25 heavy (non-hydrogen) atoms. The molecule has 0 aromatic carbocycles. The smallest absolute Gasteiger partial charge is 0.148 e. The maximum atomic E-state index is 5.54. The quantitative estimate of drug-likeness (QED) is 0.755. The molecule has 8 heteroatoms. The monoisotopic (exact) mass is 356 g/mol. The molecule has 130 valence electrons. The van der Waals surface area contributed by atoms with Crippen molar-refractivity contribution in [3.05, 3.63) is 47.6 Å². The Labute approximate surface area is 150 Å². The first-order chi connectivity index (χ1) is 12.3. The highest BCUT2D eigenvalue weighted by atomic mass is 32.1. The molecule has 3 aromatic rings. The van der Waals surface area contributed by atoms with Crippen LogP contribution in [-0.4, -0.2) is 37.9 Å². The largest absolute Gasteiger partial charge is 0.381 e. The van der Waals surface area contributed by atoms with Gasteiger partial charge in [0, 0.05) is 50.8 Å². The molecule has 4 heterocycles. The molecule has 0 amide bonds. The number of hydrogen-bond donors (Lipinski definition) is 1. The van der Waals surface area contributed by atoms with Crippen LogP contribution in [0.5, 0.6) is 0 Å². The van der Waals surface area contributed by atoms with E-state index in [0.717, 1.165) is 35.1 Å². The summed E-state index contributed by atoms with van der Waals surface area (Å²) in [4.78, 5) is 13.7. The maximum absolute atomic E-state index is 5.54. The summed E-state index contributed by atoms with van der Waals surface area (Å²) in [5, 5.41) is 11.1. The van der Waals surface area contributed by atoms with E-state index in [2.05, 4.69) is 25.8 Å². The van der Waals surface area contributed by atoms with Gasteiger partial charge >= 0.3 is 0 Å². The Morgan fingerprint density at radius 2 is 2.08 bits per heavy atom. The van der Waals surface area contributed by atoms with Crippen molar-refractivity contribution in [1.82, 2.24) is 30.0 Å². The second kappa shape index (κ2) is 6.99. The van der Waals surface area contributed by atoms with E-state index >= 15 is 0 Å². The summed E-state index contributed by atoms with van der Waals surface area (Å²) < 4.78 is 7.33. The Kier molecular flexibility index (Phi) is 4.56. The predicted octanol–water partition coefficient (Wildman–Crippen LogP) is 2.13. The van der Waals surface area contributed by atoms with Gasteiger partial charge in [-0.15, -0.1) is 11.3 Å². The maximum Gasteiger partial charge on any atom is 0.148 e. The van der Waals surface area contributed by atoms with Gasteiger partial charge < -0.3 is 4.74 Å². The van der Waals surface area contributed by atoms with Crippen molar-refractivity contribution in [1.29, 1.82) is 0 Å². The highest BCUT2D eigenvalue weighted by Crippen LogP contribution is 2.30. The van der Waals surface area contributed by atoms with Crippen molar-refractivity contribution in [2.75, 3.05) is 13.2 Å². The third kappa shape index (κ3) is 3.46. The summed E-state index contributed by atoms with van der Waals surface area (Å²) in [7, 11) is 1.91. The number of nitrogens with zero attached hydrogens (tertiary/aromatic N) is 5.